The molecule has 1 rings (SSSR count). The lowest BCUT2D eigenvalue weighted by molar-refractivity contribution is -0.267. The van der Waals surface area contributed by atoms with Crippen molar-refractivity contribution in [1.29, 1.82) is 0 Å². The number of hydrogen-bond acceptors (Lipinski definition) is 7. The van der Waals surface area contributed by atoms with Crippen molar-refractivity contribution in [1.82, 2.24) is 5.32 Å². The van der Waals surface area contributed by atoms with Gasteiger partial charge < -0.3 is 30.1 Å². The Bertz CT molecular complexity index is 603. The van der Waals surface area contributed by atoms with Crippen molar-refractivity contribution in [2.24, 2.45) is 0 Å². The Hall–Kier alpha value is -1.06. The minimum absolute atomic E-state index is 0.0964. The number of aliphatic hydroxyl groups is 3. The van der Waals surface area contributed by atoms with E-state index in [9.17, 15) is 24.9 Å². The Morgan fingerprint density at radius 2 is 1.35 bits per heavy atom. The van der Waals surface area contributed by atoms with Gasteiger partial charge in [0.2, 0.25) is 5.91 Å². The zero-order valence-electron chi connectivity index (χ0n) is 23.7. The van der Waals surface area contributed by atoms with Crippen LogP contribution in [-0.2, 0) is 19.1 Å². The fourth-order valence-corrected chi connectivity index (χ4v) is 5.07. The van der Waals surface area contributed by atoms with Crippen LogP contribution in [0.2, 0.25) is 0 Å². The normalized spacial score (nSPS) is 24.6. The molecule has 1 saturated heterocycles. The molecule has 4 unspecified atom stereocenters. The highest BCUT2D eigenvalue weighted by Crippen LogP contribution is 2.24. The lowest BCUT2D eigenvalue weighted by Crippen LogP contribution is -2.65. The van der Waals surface area contributed by atoms with Crippen LogP contribution in [0.15, 0.2) is 0 Å². The second kappa shape index (κ2) is 20.8. The summed E-state index contributed by atoms with van der Waals surface area (Å²) < 4.78 is 11.1. The molecule has 1 aliphatic rings. The molecule has 1 fully saturated rings. The highest BCUT2D eigenvalue weighted by Gasteiger charge is 2.46. The molecule has 1 aliphatic heterocycles. The number of carbonyl (C=O) groups is 2. The van der Waals surface area contributed by atoms with Crippen LogP contribution >= 0.6 is 0 Å². The summed E-state index contributed by atoms with van der Waals surface area (Å²) in [5.74, 6) is -0.313. The Kier molecular flexibility index (Phi) is 19.1. The number of rotatable bonds is 22. The number of carbonyl (C=O) groups excluding carboxylic acids is 2. The zero-order chi connectivity index (χ0) is 27.5. The van der Waals surface area contributed by atoms with Gasteiger partial charge in [0.25, 0.3) is 0 Å². The first kappa shape index (κ1) is 34.0. The number of hydrogen-bond donors (Lipinski definition) is 4. The molecular formula is C29H55NO7. The van der Waals surface area contributed by atoms with Crippen LogP contribution in [0.25, 0.3) is 0 Å². The third-order valence-corrected chi connectivity index (χ3v) is 7.21. The molecule has 0 saturated carbocycles. The molecule has 218 valence electrons. The number of aliphatic hydroxyl groups excluding tert-OH is 3. The predicted molar refractivity (Wildman–Crippen MR) is 145 cm³/mol. The Morgan fingerprint density at radius 1 is 0.865 bits per heavy atom. The summed E-state index contributed by atoms with van der Waals surface area (Å²) in [6.45, 7) is 4.78. The van der Waals surface area contributed by atoms with Gasteiger partial charge in [0.1, 0.15) is 30.1 Å². The van der Waals surface area contributed by atoms with E-state index < -0.39 is 49.3 Å². The van der Waals surface area contributed by atoms with Gasteiger partial charge in [-0.05, 0) is 13.3 Å². The Balaban J connectivity index is 2.14. The minimum atomic E-state index is -1.43. The number of Topliss-reactive ketones (excluding diaryl/α,β-unsaturated/α-hetero) is 1. The molecule has 0 aliphatic carbocycles. The van der Waals surface area contributed by atoms with Crippen molar-refractivity contribution >= 4 is 11.7 Å². The summed E-state index contributed by atoms with van der Waals surface area (Å²) >= 11 is 0. The fourth-order valence-electron chi connectivity index (χ4n) is 5.07. The second-order valence-electron chi connectivity index (χ2n) is 10.8. The maximum absolute atomic E-state index is 12.4. The van der Waals surface area contributed by atoms with Crippen molar-refractivity contribution in [3.05, 3.63) is 0 Å². The first-order chi connectivity index (χ1) is 17.8. The lowest BCUT2D eigenvalue weighted by atomic mass is 9.96. The molecule has 0 aromatic rings. The number of ether oxygens (including phenoxy) is 2. The summed E-state index contributed by atoms with van der Waals surface area (Å²) in [5.41, 5.74) is 0. The molecule has 0 aromatic carbocycles. The first-order valence-electron chi connectivity index (χ1n) is 14.9. The van der Waals surface area contributed by atoms with Crippen LogP contribution in [-0.4, -0.2) is 70.4 Å². The number of nitrogens with one attached hydrogen (secondary N) is 1. The van der Waals surface area contributed by atoms with Crippen LogP contribution in [0.4, 0.5) is 0 Å². The molecule has 6 atom stereocenters. The van der Waals surface area contributed by atoms with Crippen LogP contribution < -0.4 is 5.32 Å². The van der Waals surface area contributed by atoms with E-state index in [1.807, 2.05) is 0 Å². The molecular weight excluding hydrogens is 474 g/mol. The van der Waals surface area contributed by atoms with E-state index in [0.29, 0.717) is 6.42 Å². The maximum atomic E-state index is 12.4. The minimum Gasteiger partial charge on any atom is -0.394 e. The molecule has 1 heterocycles. The standard InChI is InChI=1S/C29H55NO7/c1-4-5-6-7-8-9-10-11-12-13-14-15-16-17-18-19-24(33)20-22(2)36-28-26(30-23(3)32)29(35)37-25(21-31)27(28)34/h22,25-29,31,34-35H,4-21H2,1-3H3,(H,30,32)/t22?,25?,26?,27-,28+,29?/m0/s1. The van der Waals surface area contributed by atoms with E-state index in [4.69, 9.17) is 9.47 Å². The van der Waals surface area contributed by atoms with Gasteiger partial charge in [-0.1, -0.05) is 96.8 Å². The highest BCUT2D eigenvalue weighted by atomic mass is 16.6. The summed E-state index contributed by atoms with van der Waals surface area (Å²) in [7, 11) is 0. The summed E-state index contributed by atoms with van der Waals surface area (Å²) in [6.07, 6.45) is 14.7. The van der Waals surface area contributed by atoms with Gasteiger partial charge in [-0.25, -0.2) is 0 Å². The first-order valence-corrected chi connectivity index (χ1v) is 14.9. The van der Waals surface area contributed by atoms with E-state index in [1.54, 1.807) is 6.92 Å². The zero-order valence-corrected chi connectivity index (χ0v) is 23.7. The van der Waals surface area contributed by atoms with Crippen LogP contribution in [0.5, 0.6) is 0 Å². The predicted octanol–water partition coefficient (Wildman–Crippen LogP) is 4.56. The van der Waals surface area contributed by atoms with E-state index in [-0.39, 0.29) is 12.2 Å². The largest absolute Gasteiger partial charge is 0.394 e. The van der Waals surface area contributed by atoms with Crippen molar-refractivity contribution in [3.63, 3.8) is 0 Å². The van der Waals surface area contributed by atoms with Gasteiger partial charge in [-0.15, -0.1) is 0 Å². The van der Waals surface area contributed by atoms with Gasteiger partial charge in [-0.3, -0.25) is 9.59 Å². The summed E-state index contributed by atoms with van der Waals surface area (Å²) in [6, 6.07) is -0.997. The fraction of sp³-hybridized carbons (Fsp3) is 0.931. The van der Waals surface area contributed by atoms with Crippen molar-refractivity contribution in [2.75, 3.05) is 6.61 Å². The average Bonchev–Trinajstić information content (AvgIpc) is 2.85. The van der Waals surface area contributed by atoms with E-state index in [1.165, 1.54) is 84.0 Å². The molecule has 0 spiro atoms. The Morgan fingerprint density at radius 3 is 1.81 bits per heavy atom. The maximum Gasteiger partial charge on any atom is 0.217 e. The van der Waals surface area contributed by atoms with Gasteiger partial charge in [-0.2, -0.15) is 0 Å². The smallest absolute Gasteiger partial charge is 0.217 e. The number of ketones is 1. The van der Waals surface area contributed by atoms with Crippen molar-refractivity contribution < 1.29 is 34.4 Å². The summed E-state index contributed by atoms with van der Waals surface area (Å²) in [5, 5.41) is 32.7. The van der Waals surface area contributed by atoms with Crippen molar-refractivity contribution in [3.8, 4) is 0 Å². The van der Waals surface area contributed by atoms with Gasteiger partial charge in [0.05, 0.1) is 12.7 Å². The van der Waals surface area contributed by atoms with Crippen LogP contribution in [0.1, 0.15) is 130 Å². The molecule has 4 N–H and O–H groups in total. The van der Waals surface area contributed by atoms with Gasteiger partial charge in [0, 0.05) is 19.8 Å². The molecule has 1 amide bonds. The monoisotopic (exact) mass is 529 g/mol. The lowest BCUT2D eigenvalue weighted by Gasteiger charge is -2.43. The van der Waals surface area contributed by atoms with Gasteiger partial charge >= 0.3 is 0 Å². The van der Waals surface area contributed by atoms with Crippen molar-refractivity contribution in [2.45, 2.75) is 167 Å². The van der Waals surface area contributed by atoms with Crippen LogP contribution in [0.3, 0.4) is 0 Å². The number of amides is 1. The highest BCUT2D eigenvalue weighted by molar-refractivity contribution is 5.78. The third kappa shape index (κ3) is 15.2. The second-order valence-corrected chi connectivity index (χ2v) is 10.8. The topological polar surface area (TPSA) is 125 Å². The number of unbranched alkanes of at least 4 members (excludes halogenated alkanes) is 14. The third-order valence-electron chi connectivity index (χ3n) is 7.21. The SMILES string of the molecule is CCCCCCCCCCCCCCCCCC(=O)CC(C)O[C@@H]1C(NC(C)=O)C(O)OC(CO)[C@@H]1O. The van der Waals surface area contributed by atoms with Crippen LogP contribution in [0, 0.1) is 0 Å². The van der Waals surface area contributed by atoms with Gasteiger partial charge in [0.15, 0.2) is 6.29 Å². The molecule has 37 heavy (non-hydrogen) atoms. The molecule has 0 radical (unpaired) electrons. The average molecular weight is 530 g/mol. The van der Waals surface area contributed by atoms with E-state index in [0.717, 1.165) is 19.3 Å². The van der Waals surface area contributed by atoms with E-state index >= 15 is 0 Å². The molecule has 0 aromatic heterocycles. The quantitative estimate of drug-likeness (QED) is 0.152. The van der Waals surface area contributed by atoms with E-state index in [2.05, 4.69) is 12.2 Å². The molecule has 8 nitrogen and oxygen atoms in total. The Labute approximate surface area is 224 Å². The molecule has 8 heteroatoms. The summed E-state index contributed by atoms with van der Waals surface area (Å²) in [4.78, 5) is 24.0. The molecule has 0 bridgehead atoms.